The molecular formula is C20H23Cl2FN2O4. The highest BCUT2D eigenvalue weighted by Crippen LogP contribution is 2.39. The maximum absolute atomic E-state index is 15.0. The van der Waals surface area contributed by atoms with Gasteiger partial charge in [-0.15, -0.1) is 24.8 Å². The van der Waals surface area contributed by atoms with E-state index < -0.39 is 11.8 Å². The van der Waals surface area contributed by atoms with Crippen LogP contribution in [0.15, 0.2) is 30.3 Å². The molecule has 1 N–H and O–H groups in total. The molecular weight excluding hydrogens is 422 g/mol. The molecule has 0 amide bonds. The van der Waals surface area contributed by atoms with Crippen LogP contribution in [0.3, 0.4) is 0 Å². The Labute approximate surface area is 181 Å². The fraction of sp³-hybridized carbons (Fsp3) is 0.350. The summed E-state index contributed by atoms with van der Waals surface area (Å²) in [5, 5.41) is 3.13. The fourth-order valence-corrected chi connectivity index (χ4v) is 3.52. The third-order valence-corrected chi connectivity index (χ3v) is 4.86. The molecule has 9 heteroatoms. The molecule has 1 fully saturated rings. The Balaban J connectivity index is 0.00000150. The van der Waals surface area contributed by atoms with Gasteiger partial charge in [0.25, 0.3) is 0 Å². The van der Waals surface area contributed by atoms with E-state index in [1.165, 1.54) is 13.2 Å². The standard InChI is InChI=1S/C20H21FN2O4.2ClH/c1-25-20(24)16-9-17(21)15(10-18(16)23-5-7-26-8-6-23)14-4-2-3-13-11-22-12-27-19(13)14;;/h2-4,9-10,22H,5-8,11-12H2,1H3;2*1H. The van der Waals surface area contributed by atoms with Crippen molar-refractivity contribution in [1.29, 1.82) is 0 Å². The Kier molecular flexibility index (Phi) is 8.10. The molecule has 2 aromatic carbocycles. The number of methoxy groups -OCH3 is 1. The second kappa shape index (κ2) is 10.1. The highest BCUT2D eigenvalue weighted by Gasteiger charge is 2.25. The third kappa shape index (κ3) is 4.59. The van der Waals surface area contributed by atoms with Crippen LogP contribution in [0.25, 0.3) is 11.1 Å². The van der Waals surface area contributed by atoms with E-state index in [1.807, 2.05) is 23.1 Å². The molecule has 0 atom stereocenters. The first-order chi connectivity index (χ1) is 13.2. The Hall–Kier alpha value is -2.06. The van der Waals surface area contributed by atoms with Gasteiger partial charge >= 0.3 is 5.97 Å². The molecule has 1 saturated heterocycles. The van der Waals surface area contributed by atoms with E-state index in [1.54, 1.807) is 6.07 Å². The predicted octanol–water partition coefficient (Wildman–Crippen LogP) is 3.40. The lowest BCUT2D eigenvalue weighted by Gasteiger charge is -2.31. The van der Waals surface area contributed by atoms with Crippen LogP contribution in [0.2, 0.25) is 0 Å². The molecule has 2 aromatic rings. The quantitative estimate of drug-likeness (QED) is 0.732. The highest BCUT2D eigenvalue weighted by molar-refractivity contribution is 5.97. The molecule has 0 aliphatic carbocycles. The Bertz CT molecular complexity index is 876. The SMILES string of the molecule is COC(=O)c1cc(F)c(-c2cccc3c2OCNC3)cc1N1CCOCC1.Cl.Cl. The van der Waals surface area contributed by atoms with Gasteiger partial charge in [-0.1, -0.05) is 18.2 Å². The highest BCUT2D eigenvalue weighted by atomic mass is 35.5. The van der Waals surface area contributed by atoms with E-state index in [-0.39, 0.29) is 30.4 Å². The van der Waals surface area contributed by atoms with Crippen LogP contribution in [0.1, 0.15) is 15.9 Å². The Morgan fingerprint density at radius 3 is 2.66 bits per heavy atom. The number of ether oxygens (including phenoxy) is 3. The van der Waals surface area contributed by atoms with Crippen LogP contribution in [0.5, 0.6) is 5.75 Å². The number of nitrogens with zero attached hydrogens (tertiary/aromatic N) is 1. The van der Waals surface area contributed by atoms with Crippen molar-refractivity contribution in [3.63, 3.8) is 0 Å². The van der Waals surface area contributed by atoms with Gasteiger partial charge in [-0.05, 0) is 12.1 Å². The zero-order valence-electron chi connectivity index (χ0n) is 15.9. The van der Waals surface area contributed by atoms with Gasteiger partial charge in [-0.2, -0.15) is 0 Å². The summed E-state index contributed by atoms with van der Waals surface area (Å²) in [5.41, 5.74) is 2.92. The summed E-state index contributed by atoms with van der Waals surface area (Å²) in [6.45, 7) is 3.42. The first-order valence-corrected chi connectivity index (χ1v) is 8.89. The van der Waals surface area contributed by atoms with Crippen molar-refractivity contribution in [1.82, 2.24) is 5.32 Å². The summed E-state index contributed by atoms with van der Waals surface area (Å²) in [6.07, 6.45) is 0. The first-order valence-electron chi connectivity index (χ1n) is 8.89. The van der Waals surface area contributed by atoms with Crippen molar-refractivity contribution in [2.45, 2.75) is 6.54 Å². The van der Waals surface area contributed by atoms with Gasteiger partial charge < -0.3 is 19.1 Å². The van der Waals surface area contributed by atoms with Crippen LogP contribution >= 0.6 is 24.8 Å². The molecule has 2 heterocycles. The van der Waals surface area contributed by atoms with Gasteiger partial charge in [0.15, 0.2) is 0 Å². The molecule has 0 saturated carbocycles. The average Bonchev–Trinajstić information content (AvgIpc) is 2.73. The summed E-state index contributed by atoms with van der Waals surface area (Å²) in [5.74, 6) is -0.366. The summed E-state index contributed by atoms with van der Waals surface area (Å²) in [4.78, 5) is 14.3. The molecule has 0 unspecified atom stereocenters. The number of rotatable bonds is 3. The number of hydrogen-bond donors (Lipinski definition) is 1. The van der Waals surface area contributed by atoms with Crippen molar-refractivity contribution < 1.29 is 23.4 Å². The topological polar surface area (TPSA) is 60.0 Å². The molecule has 0 spiro atoms. The number of morpholine rings is 1. The van der Waals surface area contributed by atoms with E-state index in [2.05, 4.69) is 5.32 Å². The molecule has 158 valence electrons. The van der Waals surface area contributed by atoms with Crippen LogP contribution in [0.4, 0.5) is 10.1 Å². The van der Waals surface area contributed by atoms with E-state index in [4.69, 9.17) is 14.2 Å². The maximum atomic E-state index is 15.0. The molecule has 0 aromatic heterocycles. The van der Waals surface area contributed by atoms with Gasteiger partial charge in [0.05, 0.1) is 31.6 Å². The molecule has 6 nitrogen and oxygen atoms in total. The van der Waals surface area contributed by atoms with E-state index in [0.29, 0.717) is 62.1 Å². The second-order valence-corrected chi connectivity index (χ2v) is 6.45. The van der Waals surface area contributed by atoms with E-state index in [9.17, 15) is 4.79 Å². The molecule has 2 aliphatic rings. The largest absolute Gasteiger partial charge is 0.477 e. The molecule has 0 bridgehead atoms. The van der Waals surface area contributed by atoms with Crippen LogP contribution in [-0.2, 0) is 16.0 Å². The van der Waals surface area contributed by atoms with Gasteiger partial charge in [-0.25, -0.2) is 9.18 Å². The summed E-state index contributed by atoms with van der Waals surface area (Å²) in [6, 6.07) is 8.64. The zero-order chi connectivity index (χ0) is 18.8. The minimum atomic E-state index is -0.558. The smallest absolute Gasteiger partial charge is 0.340 e. The van der Waals surface area contributed by atoms with Crippen LogP contribution in [-0.4, -0.2) is 46.1 Å². The number of benzene rings is 2. The Morgan fingerprint density at radius 2 is 1.93 bits per heavy atom. The number of halogens is 3. The third-order valence-electron chi connectivity index (χ3n) is 4.86. The molecule has 0 radical (unpaired) electrons. The lowest BCUT2D eigenvalue weighted by atomic mass is 9.97. The maximum Gasteiger partial charge on any atom is 0.340 e. The first kappa shape index (κ1) is 23.2. The number of esters is 1. The summed E-state index contributed by atoms with van der Waals surface area (Å²) < 4.78 is 31.0. The number of para-hydroxylation sites is 1. The molecule has 4 rings (SSSR count). The van der Waals surface area contributed by atoms with Crippen molar-refractivity contribution in [2.24, 2.45) is 0 Å². The molecule has 29 heavy (non-hydrogen) atoms. The number of anilines is 1. The van der Waals surface area contributed by atoms with Crippen molar-refractivity contribution >= 4 is 36.5 Å². The van der Waals surface area contributed by atoms with Gasteiger partial charge in [0, 0.05) is 36.3 Å². The predicted molar refractivity (Wildman–Crippen MR) is 113 cm³/mol. The van der Waals surface area contributed by atoms with E-state index in [0.717, 1.165) is 5.56 Å². The van der Waals surface area contributed by atoms with Crippen molar-refractivity contribution in [3.05, 3.63) is 47.3 Å². The molecule has 2 aliphatic heterocycles. The summed E-state index contributed by atoms with van der Waals surface area (Å²) >= 11 is 0. The Morgan fingerprint density at radius 1 is 1.17 bits per heavy atom. The van der Waals surface area contributed by atoms with Gasteiger partial charge in [0.1, 0.15) is 18.3 Å². The number of carbonyl (C=O) groups is 1. The second-order valence-electron chi connectivity index (χ2n) is 6.45. The fourth-order valence-electron chi connectivity index (χ4n) is 3.52. The summed E-state index contributed by atoms with van der Waals surface area (Å²) in [7, 11) is 1.30. The van der Waals surface area contributed by atoms with Gasteiger partial charge in [0.2, 0.25) is 0 Å². The van der Waals surface area contributed by atoms with Crippen LogP contribution in [0, 0.1) is 5.82 Å². The average molecular weight is 445 g/mol. The van der Waals surface area contributed by atoms with E-state index >= 15 is 4.39 Å². The number of hydrogen-bond acceptors (Lipinski definition) is 6. The minimum Gasteiger partial charge on any atom is -0.477 e. The van der Waals surface area contributed by atoms with Gasteiger partial charge in [-0.3, -0.25) is 5.32 Å². The van der Waals surface area contributed by atoms with Crippen molar-refractivity contribution in [2.75, 3.05) is 45.0 Å². The zero-order valence-corrected chi connectivity index (χ0v) is 17.5. The number of carbonyl (C=O) groups excluding carboxylic acids is 1. The lowest BCUT2D eigenvalue weighted by Crippen LogP contribution is -2.37. The lowest BCUT2D eigenvalue weighted by molar-refractivity contribution is 0.0600. The minimum absolute atomic E-state index is 0. The monoisotopic (exact) mass is 444 g/mol. The number of fused-ring (bicyclic) bond motifs is 1. The van der Waals surface area contributed by atoms with Crippen LogP contribution < -0.4 is 15.0 Å². The normalized spacial score (nSPS) is 15.3. The number of nitrogens with one attached hydrogen (secondary N) is 1. The van der Waals surface area contributed by atoms with Crippen molar-refractivity contribution in [3.8, 4) is 16.9 Å².